The van der Waals surface area contributed by atoms with Crippen molar-refractivity contribution in [2.24, 2.45) is 0 Å². The fraction of sp³-hybridized carbons (Fsp3) is 0.310. The van der Waals surface area contributed by atoms with Gasteiger partial charge in [0.1, 0.15) is 0 Å². The van der Waals surface area contributed by atoms with Gasteiger partial charge in [-0.2, -0.15) is 0 Å². The predicted octanol–water partition coefficient (Wildman–Crippen LogP) is 4.69. The number of esters is 5. The summed E-state index contributed by atoms with van der Waals surface area (Å²) in [5, 5.41) is 11.4. The van der Waals surface area contributed by atoms with Gasteiger partial charge in [-0.25, -0.2) is 19.2 Å². The van der Waals surface area contributed by atoms with E-state index >= 15 is 0 Å². The van der Waals surface area contributed by atoms with Gasteiger partial charge in [-0.3, -0.25) is 4.79 Å². The van der Waals surface area contributed by atoms with E-state index in [0.29, 0.717) is 0 Å². The average Bonchev–Trinajstić information content (AvgIpc) is 3.21. The lowest BCUT2D eigenvalue weighted by Gasteiger charge is -2.47. The van der Waals surface area contributed by atoms with Crippen LogP contribution in [-0.4, -0.2) is 96.4 Å². The molecule has 14 heteroatoms. The van der Waals surface area contributed by atoms with Crippen LogP contribution in [0.15, 0.2) is 121 Å². The Balaban J connectivity index is 1.36. The lowest BCUT2D eigenvalue weighted by Crippen LogP contribution is -2.65. The Morgan fingerprint density at radius 2 is 0.768 bits per heavy atom. The van der Waals surface area contributed by atoms with Crippen LogP contribution in [0.2, 0.25) is 0 Å². The van der Waals surface area contributed by atoms with Crippen LogP contribution in [0.3, 0.4) is 0 Å². The molecule has 0 amide bonds. The molecule has 2 aliphatic rings. The molecule has 0 saturated carbocycles. The highest BCUT2D eigenvalue weighted by atomic mass is 16.8. The first kappa shape index (κ1) is 39.8. The van der Waals surface area contributed by atoms with Crippen molar-refractivity contribution in [2.75, 3.05) is 0 Å². The molecule has 2 aliphatic heterocycles. The normalized spacial score (nSPS) is 27.2. The van der Waals surface area contributed by atoms with Crippen molar-refractivity contribution in [3.05, 3.63) is 144 Å². The largest absolute Gasteiger partial charge is 0.453 e. The van der Waals surface area contributed by atoms with Gasteiger partial charge in [0.15, 0.2) is 49.2 Å². The third-order valence-corrected chi connectivity index (χ3v) is 9.08. The summed E-state index contributed by atoms with van der Waals surface area (Å²) in [4.78, 5) is 66.5. The first-order chi connectivity index (χ1) is 27.0. The van der Waals surface area contributed by atoms with Crippen LogP contribution < -0.4 is 0 Å². The summed E-state index contributed by atoms with van der Waals surface area (Å²) >= 11 is 0. The van der Waals surface area contributed by atoms with E-state index in [1.165, 1.54) is 62.4 Å². The maximum absolute atomic E-state index is 13.6. The standard InChI is InChI=1S/C42H40O14/c1-24-31(52-37(44)27-16-8-4-9-17-27)33(54-39(46)29-20-12-6-13-21-29)35(41(48)49-24)56-42-36(51-26(3)43)34(55-40(47)30-22-14-7-15-23-30)32(25(2)50-42)53-38(45)28-18-10-5-11-19-28/h4-25,31-36,41-42,48H,1-3H3/t24-,25-,31-,32-,33+,34+,35+,36+,41+,42-/m0/s1. The van der Waals surface area contributed by atoms with Crippen molar-refractivity contribution < 1.29 is 67.0 Å². The lowest BCUT2D eigenvalue weighted by molar-refractivity contribution is -0.354. The van der Waals surface area contributed by atoms with Crippen molar-refractivity contribution in [1.82, 2.24) is 0 Å². The second-order valence-corrected chi connectivity index (χ2v) is 13.1. The lowest BCUT2D eigenvalue weighted by atomic mass is 9.96. The van der Waals surface area contributed by atoms with E-state index in [-0.39, 0.29) is 22.3 Å². The van der Waals surface area contributed by atoms with Gasteiger partial charge in [0, 0.05) is 6.92 Å². The fourth-order valence-corrected chi connectivity index (χ4v) is 6.35. The van der Waals surface area contributed by atoms with E-state index in [1.807, 2.05) is 0 Å². The molecule has 0 radical (unpaired) electrons. The quantitative estimate of drug-likeness (QED) is 0.164. The molecule has 0 bridgehead atoms. The van der Waals surface area contributed by atoms with Crippen LogP contribution in [-0.2, 0) is 42.7 Å². The van der Waals surface area contributed by atoms with Crippen molar-refractivity contribution >= 4 is 29.8 Å². The minimum Gasteiger partial charge on any atom is -0.453 e. The summed E-state index contributed by atoms with van der Waals surface area (Å²) in [7, 11) is 0. The molecule has 0 aromatic heterocycles. The molecule has 10 atom stereocenters. The molecular formula is C42H40O14. The van der Waals surface area contributed by atoms with Crippen LogP contribution in [0.5, 0.6) is 0 Å². The maximum atomic E-state index is 13.6. The van der Waals surface area contributed by atoms with Gasteiger partial charge in [0.05, 0.1) is 34.5 Å². The number of hydrogen-bond acceptors (Lipinski definition) is 14. The molecule has 4 aromatic carbocycles. The topological polar surface area (TPSA) is 179 Å². The second kappa shape index (κ2) is 18.1. The average molecular weight is 769 g/mol. The number of hydrogen-bond donors (Lipinski definition) is 1. The third-order valence-electron chi connectivity index (χ3n) is 9.08. The summed E-state index contributed by atoms with van der Waals surface area (Å²) in [6, 6.07) is 32.0. The monoisotopic (exact) mass is 768 g/mol. The molecule has 6 rings (SSSR count). The Labute approximate surface area is 322 Å². The van der Waals surface area contributed by atoms with Crippen molar-refractivity contribution in [2.45, 2.75) is 82.2 Å². The van der Waals surface area contributed by atoms with Gasteiger partial charge in [-0.1, -0.05) is 72.8 Å². The smallest absolute Gasteiger partial charge is 0.338 e. The molecule has 1 N–H and O–H groups in total. The molecule has 292 valence electrons. The highest BCUT2D eigenvalue weighted by Gasteiger charge is 2.56. The molecule has 0 unspecified atom stereocenters. The molecular weight excluding hydrogens is 728 g/mol. The van der Waals surface area contributed by atoms with Crippen LogP contribution in [0.4, 0.5) is 0 Å². The minimum absolute atomic E-state index is 0.139. The fourth-order valence-electron chi connectivity index (χ4n) is 6.35. The van der Waals surface area contributed by atoms with Crippen LogP contribution in [0.25, 0.3) is 0 Å². The molecule has 4 aromatic rings. The van der Waals surface area contributed by atoms with E-state index in [0.717, 1.165) is 6.92 Å². The first-order valence-electron chi connectivity index (χ1n) is 17.9. The molecule has 2 saturated heterocycles. The molecule has 2 heterocycles. The van der Waals surface area contributed by atoms with Crippen LogP contribution in [0.1, 0.15) is 62.2 Å². The Kier molecular flexibility index (Phi) is 12.9. The zero-order valence-electron chi connectivity index (χ0n) is 30.6. The van der Waals surface area contributed by atoms with E-state index < -0.39 is 91.3 Å². The molecule has 2 fully saturated rings. The number of carbonyl (C=O) groups is 5. The Bertz CT molecular complexity index is 1960. The summed E-state index contributed by atoms with van der Waals surface area (Å²) in [5.74, 6) is -4.11. The van der Waals surface area contributed by atoms with Crippen molar-refractivity contribution in [3.8, 4) is 0 Å². The van der Waals surface area contributed by atoms with E-state index in [2.05, 4.69) is 0 Å². The SMILES string of the molecule is CC(=O)O[C@H]1[C@H](O[C@@H]2[C@H](OC(=O)c3ccccc3)[C@@H](OC(=O)c3ccccc3)[C@H](C)O[C@H]2O)O[C@@H](C)[C@H](OC(=O)c2ccccc2)[C@H]1OC(=O)c1ccccc1. The van der Waals surface area contributed by atoms with Gasteiger partial charge in [-0.05, 0) is 62.4 Å². The van der Waals surface area contributed by atoms with E-state index in [4.69, 9.17) is 37.9 Å². The minimum atomic E-state index is -1.83. The Morgan fingerprint density at radius 3 is 1.12 bits per heavy atom. The predicted molar refractivity (Wildman–Crippen MR) is 194 cm³/mol. The number of benzene rings is 4. The van der Waals surface area contributed by atoms with E-state index in [1.54, 1.807) is 72.8 Å². The number of carbonyl (C=O) groups excluding carboxylic acids is 5. The van der Waals surface area contributed by atoms with Crippen molar-refractivity contribution in [1.29, 1.82) is 0 Å². The van der Waals surface area contributed by atoms with Gasteiger partial charge < -0.3 is 43.0 Å². The zero-order valence-corrected chi connectivity index (χ0v) is 30.6. The molecule has 0 aliphatic carbocycles. The summed E-state index contributed by atoms with van der Waals surface area (Å²) in [6.07, 6.45) is -14.8. The number of rotatable bonds is 11. The van der Waals surface area contributed by atoms with Gasteiger partial charge >= 0.3 is 29.8 Å². The van der Waals surface area contributed by atoms with Gasteiger partial charge in [0.2, 0.25) is 0 Å². The van der Waals surface area contributed by atoms with Gasteiger partial charge in [-0.15, -0.1) is 0 Å². The summed E-state index contributed by atoms with van der Waals surface area (Å²) < 4.78 is 47.6. The second-order valence-electron chi connectivity index (χ2n) is 13.1. The zero-order chi connectivity index (χ0) is 39.8. The number of aliphatic hydroxyl groups is 1. The van der Waals surface area contributed by atoms with Crippen molar-refractivity contribution in [3.63, 3.8) is 0 Å². The van der Waals surface area contributed by atoms with Crippen LogP contribution in [0, 0.1) is 0 Å². The molecule has 14 nitrogen and oxygen atoms in total. The number of ether oxygens (including phenoxy) is 8. The molecule has 56 heavy (non-hydrogen) atoms. The van der Waals surface area contributed by atoms with Crippen LogP contribution >= 0.6 is 0 Å². The van der Waals surface area contributed by atoms with E-state index in [9.17, 15) is 29.1 Å². The third kappa shape index (κ3) is 9.47. The maximum Gasteiger partial charge on any atom is 0.338 e. The highest BCUT2D eigenvalue weighted by molar-refractivity contribution is 5.91. The Hall–Kier alpha value is -5.93. The Morgan fingerprint density at radius 1 is 0.446 bits per heavy atom. The summed E-state index contributed by atoms with van der Waals surface area (Å²) in [5.41, 5.74) is 0.658. The van der Waals surface area contributed by atoms with Gasteiger partial charge in [0.25, 0.3) is 0 Å². The first-order valence-corrected chi connectivity index (χ1v) is 17.9. The number of aliphatic hydroxyl groups excluding tert-OH is 1. The molecule has 0 spiro atoms. The summed E-state index contributed by atoms with van der Waals surface area (Å²) in [6.45, 7) is 4.12. The highest BCUT2D eigenvalue weighted by Crippen LogP contribution is 2.35.